The maximum atomic E-state index is 11.9. The maximum absolute atomic E-state index is 11.9. The van der Waals surface area contributed by atoms with Crippen molar-refractivity contribution >= 4 is 23.9 Å². The van der Waals surface area contributed by atoms with Crippen LogP contribution in [0.3, 0.4) is 0 Å². The summed E-state index contributed by atoms with van der Waals surface area (Å²) < 4.78 is 15.0. The fourth-order valence-electron chi connectivity index (χ4n) is 2.01. The molecule has 0 saturated carbocycles. The van der Waals surface area contributed by atoms with Crippen molar-refractivity contribution in [2.75, 3.05) is 13.2 Å². The second kappa shape index (κ2) is 11.7. The first-order valence-electron chi connectivity index (χ1n) is 9.19. The van der Waals surface area contributed by atoms with Crippen LogP contribution in [0, 0.1) is 0 Å². The molecular formula is C20H28N2O7. The van der Waals surface area contributed by atoms with Gasteiger partial charge in [-0.05, 0) is 33.3 Å². The second-order valence-corrected chi connectivity index (χ2v) is 7.21. The summed E-state index contributed by atoms with van der Waals surface area (Å²) in [5.41, 5.74) is 0.179. The largest absolute Gasteiger partial charge is 0.464 e. The fourth-order valence-corrected chi connectivity index (χ4v) is 2.01. The highest BCUT2D eigenvalue weighted by Crippen LogP contribution is 2.06. The number of amides is 2. The number of nitrogens with one attached hydrogen (secondary N) is 2. The molecule has 9 heteroatoms. The second-order valence-electron chi connectivity index (χ2n) is 7.21. The summed E-state index contributed by atoms with van der Waals surface area (Å²) in [4.78, 5) is 46.7. The van der Waals surface area contributed by atoms with E-state index in [-0.39, 0.29) is 26.2 Å². The monoisotopic (exact) mass is 408 g/mol. The van der Waals surface area contributed by atoms with Gasteiger partial charge in [0.15, 0.2) is 0 Å². The summed E-state index contributed by atoms with van der Waals surface area (Å²) in [6.45, 7) is 6.22. The van der Waals surface area contributed by atoms with Crippen LogP contribution in [-0.2, 0) is 35.2 Å². The van der Waals surface area contributed by atoms with Gasteiger partial charge >= 0.3 is 18.0 Å². The topological polar surface area (TPSA) is 120 Å². The highest BCUT2D eigenvalue weighted by Gasteiger charge is 2.19. The molecule has 0 heterocycles. The van der Waals surface area contributed by atoms with Crippen LogP contribution in [0.25, 0.3) is 0 Å². The number of carbonyl (C=O) groups excluding carboxylic acids is 4. The number of ether oxygens (including phenoxy) is 3. The Balaban J connectivity index is 2.20. The van der Waals surface area contributed by atoms with Crippen molar-refractivity contribution in [2.45, 2.75) is 52.4 Å². The standard InChI is InChI=1S/C20H28N2O7/c1-14(22-19(26)28-13-15-8-6-5-7-9-15)18(25)27-11-10-16(23)21-12-17(24)29-20(2,3)4/h5-9,14H,10-13H2,1-4H3,(H,21,23)(H,22,26)/t14-/m0/s1. The third kappa shape index (κ3) is 11.4. The zero-order valence-electron chi connectivity index (χ0n) is 17.2. The van der Waals surface area contributed by atoms with Crippen LogP contribution < -0.4 is 10.6 Å². The summed E-state index contributed by atoms with van der Waals surface area (Å²) >= 11 is 0. The lowest BCUT2D eigenvalue weighted by Crippen LogP contribution is -2.40. The van der Waals surface area contributed by atoms with Gasteiger partial charge in [-0.3, -0.25) is 9.59 Å². The van der Waals surface area contributed by atoms with Gasteiger partial charge in [0.25, 0.3) is 0 Å². The van der Waals surface area contributed by atoms with Crippen molar-refractivity contribution < 1.29 is 33.4 Å². The van der Waals surface area contributed by atoms with E-state index >= 15 is 0 Å². The fraction of sp³-hybridized carbons (Fsp3) is 0.500. The van der Waals surface area contributed by atoms with E-state index in [0.717, 1.165) is 5.56 Å². The van der Waals surface area contributed by atoms with Crippen LogP contribution >= 0.6 is 0 Å². The Morgan fingerprint density at radius 2 is 1.69 bits per heavy atom. The van der Waals surface area contributed by atoms with E-state index in [2.05, 4.69) is 10.6 Å². The maximum Gasteiger partial charge on any atom is 0.408 e. The molecule has 2 amide bonds. The molecule has 0 unspecified atom stereocenters. The number of hydrogen-bond donors (Lipinski definition) is 2. The number of alkyl carbamates (subject to hydrolysis) is 1. The minimum Gasteiger partial charge on any atom is -0.464 e. The van der Waals surface area contributed by atoms with E-state index in [0.29, 0.717) is 0 Å². The van der Waals surface area contributed by atoms with Crippen molar-refractivity contribution in [3.05, 3.63) is 35.9 Å². The predicted molar refractivity (Wildman–Crippen MR) is 104 cm³/mol. The lowest BCUT2D eigenvalue weighted by atomic mass is 10.2. The van der Waals surface area contributed by atoms with Gasteiger partial charge in [0.1, 0.15) is 31.4 Å². The summed E-state index contributed by atoms with van der Waals surface area (Å²) in [7, 11) is 0. The number of esters is 2. The first kappa shape index (κ1) is 23.9. The molecule has 0 saturated heterocycles. The van der Waals surface area contributed by atoms with E-state index in [1.54, 1.807) is 32.9 Å². The summed E-state index contributed by atoms with van der Waals surface area (Å²) in [6.07, 6.45) is -0.881. The molecule has 160 valence electrons. The van der Waals surface area contributed by atoms with Gasteiger partial charge in [0.05, 0.1) is 6.42 Å². The van der Waals surface area contributed by atoms with Gasteiger partial charge in [-0.25, -0.2) is 9.59 Å². The Kier molecular flexibility index (Phi) is 9.64. The molecule has 0 aliphatic rings. The number of hydrogen-bond acceptors (Lipinski definition) is 7. The zero-order valence-corrected chi connectivity index (χ0v) is 17.2. The molecule has 0 bridgehead atoms. The summed E-state index contributed by atoms with van der Waals surface area (Å²) in [5.74, 6) is -1.73. The molecule has 29 heavy (non-hydrogen) atoms. The number of carbonyl (C=O) groups is 4. The van der Waals surface area contributed by atoms with Crippen molar-refractivity contribution in [1.82, 2.24) is 10.6 Å². The average Bonchev–Trinajstić information content (AvgIpc) is 2.64. The molecule has 1 aromatic carbocycles. The first-order valence-corrected chi connectivity index (χ1v) is 9.19. The molecular weight excluding hydrogens is 380 g/mol. The summed E-state index contributed by atoms with van der Waals surface area (Å²) in [5, 5.41) is 4.73. The van der Waals surface area contributed by atoms with E-state index in [9.17, 15) is 19.2 Å². The van der Waals surface area contributed by atoms with Crippen LogP contribution in [0.15, 0.2) is 30.3 Å². The Morgan fingerprint density at radius 1 is 1.03 bits per heavy atom. The van der Waals surface area contributed by atoms with Crippen LogP contribution in [-0.4, -0.2) is 48.7 Å². The van der Waals surface area contributed by atoms with E-state index in [4.69, 9.17) is 14.2 Å². The molecule has 2 N–H and O–H groups in total. The Hall–Kier alpha value is -3.10. The van der Waals surface area contributed by atoms with Crippen molar-refractivity contribution in [3.63, 3.8) is 0 Å². The third-order valence-corrected chi connectivity index (χ3v) is 3.32. The van der Waals surface area contributed by atoms with Crippen LogP contribution in [0.4, 0.5) is 4.79 Å². The van der Waals surface area contributed by atoms with Crippen molar-refractivity contribution in [3.8, 4) is 0 Å². The molecule has 1 rings (SSSR count). The molecule has 0 radical (unpaired) electrons. The minimum atomic E-state index is -0.942. The van der Waals surface area contributed by atoms with Gasteiger partial charge in [-0.2, -0.15) is 0 Å². The van der Waals surface area contributed by atoms with Crippen LogP contribution in [0.1, 0.15) is 39.7 Å². The van der Waals surface area contributed by atoms with E-state index in [1.807, 2.05) is 18.2 Å². The third-order valence-electron chi connectivity index (χ3n) is 3.32. The van der Waals surface area contributed by atoms with Gasteiger partial charge in [-0.1, -0.05) is 30.3 Å². The quantitative estimate of drug-likeness (QED) is 0.471. The molecule has 1 aromatic rings. The average molecular weight is 408 g/mol. The normalized spacial score (nSPS) is 11.7. The smallest absolute Gasteiger partial charge is 0.408 e. The molecule has 0 fully saturated rings. The highest BCUT2D eigenvalue weighted by atomic mass is 16.6. The van der Waals surface area contributed by atoms with Gasteiger partial charge in [0.2, 0.25) is 5.91 Å². The van der Waals surface area contributed by atoms with E-state index in [1.165, 1.54) is 6.92 Å². The molecule has 9 nitrogen and oxygen atoms in total. The molecule has 0 spiro atoms. The Bertz CT molecular complexity index is 699. The van der Waals surface area contributed by atoms with E-state index < -0.39 is 35.6 Å². The zero-order chi connectivity index (χ0) is 21.9. The lowest BCUT2D eigenvalue weighted by molar-refractivity contribution is -0.155. The van der Waals surface area contributed by atoms with Crippen LogP contribution in [0.2, 0.25) is 0 Å². The lowest BCUT2D eigenvalue weighted by Gasteiger charge is -2.19. The molecule has 0 aromatic heterocycles. The molecule has 1 atom stereocenters. The summed E-state index contributed by atoms with van der Waals surface area (Å²) in [6, 6.07) is 8.15. The van der Waals surface area contributed by atoms with Gasteiger partial charge < -0.3 is 24.8 Å². The predicted octanol–water partition coefficient (Wildman–Crippen LogP) is 1.69. The molecule has 0 aliphatic carbocycles. The van der Waals surface area contributed by atoms with Gasteiger partial charge in [-0.15, -0.1) is 0 Å². The van der Waals surface area contributed by atoms with Gasteiger partial charge in [0, 0.05) is 0 Å². The Labute approximate surface area is 170 Å². The number of benzene rings is 1. The highest BCUT2D eigenvalue weighted by molar-refractivity contribution is 5.83. The molecule has 0 aliphatic heterocycles. The number of rotatable bonds is 9. The first-order chi connectivity index (χ1) is 13.6. The Morgan fingerprint density at radius 3 is 2.31 bits per heavy atom. The minimum absolute atomic E-state index is 0.0757. The van der Waals surface area contributed by atoms with Crippen molar-refractivity contribution in [2.24, 2.45) is 0 Å². The van der Waals surface area contributed by atoms with Crippen molar-refractivity contribution in [1.29, 1.82) is 0 Å². The SMILES string of the molecule is C[C@H](NC(=O)OCc1ccccc1)C(=O)OCCC(=O)NCC(=O)OC(C)(C)C. The van der Waals surface area contributed by atoms with Crippen LogP contribution in [0.5, 0.6) is 0 Å².